The SMILES string of the molecule is CCOc1ccc(-c2ccc(CN3C[C@@H](Cc4cc(C)[nH]n4)[C@H](O)C3)o2)cc1. The minimum atomic E-state index is -0.336. The van der Waals surface area contributed by atoms with Crippen LogP contribution in [-0.2, 0) is 13.0 Å². The molecule has 3 heterocycles. The Bertz CT molecular complexity index is 900. The van der Waals surface area contributed by atoms with E-state index in [9.17, 15) is 5.11 Å². The summed E-state index contributed by atoms with van der Waals surface area (Å²) in [6, 6.07) is 14.0. The van der Waals surface area contributed by atoms with E-state index in [2.05, 4.69) is 15.1 Å². The number of rotatable bonds is 7. The molecule has 2 aromatic heterocycles. The number of hydrogen-bond donors (Lipinski definition) is 2. The van der Waals surface area contributed by atoms with E-state index in [1.54, 1.807) is 0 Å². The first-order chi connectivity index (χ1) is 13.6. The summed E-state index contributed by atoms with van der Waals surface area (Å²) < 4.78 is 11.5. The lowest BCUT2D eigenvalue weighted by atomic mass is 10.0. The summed E-state index contributed by atoms with van der Waals surface area (Å²) in [5.74, 6) is 2.82. The van der Waals surface area contributed by atoms with Gasteiger partial charge in [-0.1, -0.05) is 0 Å². The average Bonchev–Trinajstić information content (AvgIpc) is 3.38. The number of H-pyrrole nitrogens is 1. The fourth-order valence-electron chi connectivity index (χ4n) is 3.84. The molecular weight excluding hydrogens is 354 g/mol. The van der Waals surface area contributed by atoms with Gasteiger partial charge in [0.25, 0.3) is 0 Å². The summed E-state index contributed by atoms with van der Waals surface area (Å²) in [5.41, 5.74) is 3.10. The highest BCUT2D eigenvalue weighted by atomic mass is 16.5. The number of β-amino-alcohol motifs (C(OH)–C–C–N with tert-alkyl or cyclic N) is 1. The van der Waals surface area contributed by atoms with Crippen molar-refractivity contribution in [3.63, 3.8) is 0 Å². The number of hydrogen-bond acceptors (Lipinski definition) is 5. The van der Waals surface area contributed by atoms with Gasteiger partial charge in [-0.25, -0.2) is 0 Å². The number of aliphatic hydroxyl groups excluding tert-OH is 1. The maximum absolute atomic E-state index is 10.4. The van der Waals surface area contributed by atoms with Crippen molar-refractivity contribution >= 4 is 0 Å². The summed E-state index contributed by atoms with van der Waals surface area (Å²) in [4.78, 5) is 2.25. The van der Waals surface area contributed by atoms with Gasteiger partial charge >= 0.3 is 0 Å². The molecule has 0 bridgehead atoms. The number of aromatic amines is 1. The minimum absolute atomic E-state index is 0.197. The zero-order valence-electron chi connectivity index (χ0n) is 16.4. The minimum Gasteiger partial charge on any atom is -0.494 e. The summed E-state index contributed by atoms with van der Waals surface area (Å²) in [6.07, 6.45) is 0.454. The van der Waals surface area contributed by atoms with Crippen molar-refractivity contribution in [1.29, 1.82) is 0 Å². The predicted octanol–water partition coefficient (Wildman–Crippen LogP) is 3.41. The average molecular weight is 381 g/mol. The molecular formula is C22H27N3O3. The highest BCUT2D eigenvalue weighted by Crippen LogP contribution is 2.27. The monoisotopic (exact) mass is 381 g/mol. The molecule has 0 spiro atoms. The molecule has 0 saturated carbocycles. The van der Waals surface area contributed by atoms with Gasteiger partial charge in [0.1, 0.15) is 17.3 Å². The van der Waals surface area contributed by atoms with Gasteiger partial charge < -0.3 is 14.3 Å². The van der Waals surface area contributed by atoms with E-state index in [4.69, 9.17) is 9.15 Å². The van der Waals surface area contributed by atoms with Crippen LogP contribution < -0.4 is 4.74 Å². The Morgan fingerprint density at radius 2 is 2.04 bits per heavy atom. The topological polar surface area (TPSA) is 74.5 Å². The van der Waals surface area contributed by atoms with Gasteiger partial charge in [-0.15, -0.1) is 0 Å². The summed E-state index contributed by atoms with van der Waals surface area (Å²) in [6.45, 7) is 6.82. The fourth-order valence-corrected chi connectivity index (χ4v) is 3.84. The molecule has 4 rings (SSSR count). The van der Waals surface area contributed by atoms with Crippen LogP contribution in [-0.4, -0.2) is 46.0 Å². The third-order valence-corrected chi connectivity index (χ3v) is 5.20. The molecule has 2 N–H and O–H groups in total. The summed E-state index contributed by atoms with van der Waals surface area (Å²) in [7, 11) is 0. The maximum Gasteiger partial charge on any atom is 0.134 e. The number of benzene rings is 1. The first-order valence-electron chi connectivity index (χ1n) is 9.84. The molecule has 1 fully saturated rings. The molecule has 1 aliphatic heterocycles. The van der Waals surface area contributed by atoms with Crippen LogP contribution in [0.2, 0.25) is 0 Å². The van der Waals surface area contributed by atoms with Gasteiger partial charge in [-0.3, -0.25) is 10.00 Å². The number of ether oxygens (including phenoxy) is 1. The van der Waals surface area contributed by atoms with Crippen LogP contribution in [0.1, 0.15) is 24.1 Å². The van der Waals surface area contributed by atoms with Gasteiger partial charge in [0, 0.05) is 30.3 Å². The molecule has 6 heteroatoms. The summed E-state index contributed by atoms with van der Waals surface area (Å²) in [5, 5.41) is 17.7. The van der Waals surface area contributed by atoms with E-state index >= 15 is 0 Å². The van der Waals surface area contributed by atoms with Crippen molar-refractivity contribution < 1.29 is 14.3 Å². The molecule has 1 saturated heterocycles. The van der Waals surface area contributed by atoms with Crippen molar-refractivity contribution in [2.75, 3.05) is 19.7 Å². The number of aliphatic hydroxyl groups is 1. The molecule has 0 unspecified atom stereocenters. The zero-order valence-corrected chi connectivity index (χ0v) is 16.4. The fraction of sp³-hybridized carbons (Fsp3) is 0.409. The quantitative estimate of drug-likeness (QED) is 0.656. The first kappa shape index (κ1) is 18.8. The third kappa shape index (κ3) is 4.29. The Balaban J connectivity index is 1.36. The number of nitrogens with zero attached hydrogens (tertiary/aromatic N) is 2. The largest absolute Gasteiger partial charge is 0.494 e. The van der Waals surface area contributed by atoms with Crippen LogP contribution in [0.15, 0.2) is 46.9 Å². The Kier molecular flexibility index (Phi) is 5.50. The van der Waals surface area contributed by atoms with Crippen LogP contribution in [0.4, 0.5) is 0 Å². The molecule has 0 aliphatic carbocycles. The van der Waals surface area contributed by atoms with Crippen LogP contribution in [0, 0.1) is 12.8 Å². The molecule has 3 aromatic rings. The van der Waals surface area contributed by atoms with Crippen LogP contribution >= 0.6 is 0 Å². The van der Waals surface area contributed by atoms with Gasteiger partial charge in [0.15, 0.2) is 0 Å². The summed E-state index contributed by atoms with van der Waals surface area (Å²) >= 11 is 0. The lowest BCUT2D eigenvalue weighted by Gasteiger charge is -2.13. The number of aromatic nitrogens is 2. The van der Waals surface area contributed by atoms with Gasteiger partial charge in [-0.2, -0.15) is 5.10 Å². The van der Waals surface area contributed by atoms with Crippen molar-refractivity contribution in [2.24, 2.45) is 5.92 Å². The van der Waals surface area contributed by atoms with E-state index in [0.29, 0.717) is 19.7 Å². The highest BCUT2D eigenvalue weighted by Gasteiger charge is 2.32. The Morgan fingerprint density at radius 1 is 1.21 bits per heavy atom. The molecule has 0 radical (unpaired) electrons. The van der Waals surface area contributed by atoms with Crippen molar-refractivity contribution in [3.05, 3.63) is 59.6 Å². The lowest BCUT2D eigenvalue weighted by molar-refractivity contribution is 0.140. The normalized spacial score (nSPS) is 20.0. The van der Waals surface area contributed by atoms with E-state index in [1.165, 1.54) is 0 Å². The predicted molar refractivity (Wildman–Crippen MR) is 107 cm³/mol. The number of nitrogens with one attached hydrogen (secondary N) is 1. The van der Waals surface area contributed by atoms with Crippen LogP contribution in [0.5, 0.6) is 5.75 Å². The van der Waals surface area contributed by atoms with Crippen LogP contribution in [0.25, 0.3) is 11.3 Å². The van der Waals surface area contributed by atoms with Gasteiger partial charge in [0.05, 0.1) is 24.9 Å². The van der Waals surface area contributed by atoms with E-state index < -0.39 is 0 Å². The molecule has 28 heavy (non-hydrogen) atoms. The molecule has 148 valence electrons. The van der Waals surface area contributed by atoms with Gasteiger partial charge in [-0.05, 0) is 62.7 Å². The van der Waals surface area contributed by atoms with Crippen molar-refractivity contribution in [1.82, 2.24) is 15.1 Å². The van der Waals surface area contributed by atoms with Crippen LogP contribution in [0.3, 0.4) is 0 Å². The molecule has 2 atom stereocenters. The number of likely N-dealkylation sites (tertiary alicyclic amines) is 1. The zero-order chi connectivity index (χ0) is 19.5. The second-order valence-electron chi connectivity index (χ2n) is 7.49. The molecule has 0 amide bonds. The lowest BCUT2D eigenvalue weighted by Crippen LogP contribution is -2.21. The molecule has 1 aromatic carbocycles. The highest BCUT2D eigenvalue weighted by molar-refractivity contribution is 5.58. The first-order valence-corrected chi connectivity index (χ1v) is 9.84. The van der Waals surface area contributed by atoms with Crippen molar-refractivity contribution in [2.45, 2.75) is 32.9 Å². The second kappa shape index (κ2) is 8.20. The standard InChI is InChI=1S/C22H27N3O3/c1-3-27-19-6-4-16(5-7-19)22-9-8-20(28-22)13-25-12-17(21(26)14-25)11-18-10-15(2)23-24-18/h4-10,17,21,26H,3,11-14H2,1-2H3,(H,23,24)/t17-,21-/m1/s1. The molecule has 1 aliphatic rings. The number of furan rings is 1. The van der Waals surface area contributed by atoms with Crippen molar-refractivity contribution in [3.8, 4) is 17.1 Å². The van der Waals surface area contributed by atoms with Gasteiger partial charge in [0.2, 0.25) is 0 Å². The Morgan fingerprint density at radius 3 is 2.75 bits per heavy atom. The van der Waals surface area contributed by atoms with E-state index in [0.717, 1.165) is 47.2 Å². The van der Waals surface area contributed by atoms with E-state index in [1.807, 2.05) is 56.3 Å². The Hall–Kier alpha value is -2.57. The van der Waals surface area contributed by atoms with E-state index in [-0.39, 0.29) is 12.0 Å². The smallest absolute Gasteiger partial charge is 0.134 e. The maximum atomic E-state index is 10.4. The second-order valence-corrected chi connectivity index (χ2v) is 7.49. The third-order valence-electron chi connectivity index (χ3n) is 5.20. The number of aryl methyl sites for hydroxylation is 1. The molecule has 6 nitrogen and oxygen atoms in total. The Labute approximate surface area is 165 Å².